The molecule has 1 aliphatic heterocycles. The third kappa shape index (κ3) is 4.00. The Bertz CT molecular complexity index is 1180. The van der Waals surface area contributed by atoms with E-state index in [-0.39, 0.29) is 17.9 Å². The number of carbonyl (C=O) groups is 2. The lowest BCUT2D eigenvalue weighted by Crippen LogP contribution is -2.64. The Morgan fingerprint density at radius 3 is 2.65 bits per heavy atom. The second kappa shape index (κ2) is 9.05. The maximum absolute atomic E-state index is 13.8. The van der Waals surface area contributed by atoms with Crippen molar-refractivity contribution in [2.45, 2.75) is 63.7 Å². The number of hydrogen-bond acceptors (Lipinski definition) is 4. The van der Waals surface area contributed by atoms with Crippen LogP contribution in [0.25, 0.3) is 11.5 Å². The van der Waals surface area contributed by atoms with Crippen LogP contribution in [0.2, 0.25) is 0 Å². The highest BCUT2D eigenvalue weighted by Gasteiger charge is 2.48. The number of benzene rings is 1. The summed E-state index contributed by atoms with van der Waals surface area (Å²) < 4.78 is 12.9. The molecule has 1 aliphatic carbocycles. The van der Waals surface area contributed by atoms with E-state index in [1.807, 2.05) is 60.0 Å². The van der Waals surface area contributed by atoms with Gasteiger partial charge in [0, 0.05) is 12.6 Å². The SMILES string of the molecule is COc1cccc(CN2C(=O)c3ccc(-c4ccco4)n3C[C@@]2(C)C(=O)NC2CCCCC2)c1. The van der Waals surface area contributed by atoms with E-state index in [1.54, 1.807) is 18.3 Å². The maximum Gasteiger partial charge on any atom is 0.271 e. The van der Waals surface area contributed by atoms with E-state index in [2.05, 4.69) is 5.32 Å². The average molecular weight is 462 g/mol. The fourth-order valence-corrected chi connectivity index (χ4v) is 5.20. The minimum absolute atomic E-state index is 0.111. The van der Waals surface area contributed by atoms with Crippen molar-refractivity contribution in [3.8, 4) is 17.2 Å². The van der Waals surface area contributed by atoms with Gasteiger partial charge in [-0.05, 0) is 61.7 Å². The molecule has 1 N–H and O–H groups in total. The van der Waals surface area contributed by atoms with Gasteiger partial charge in [-0.2, -0.15) is 0 Å². The van der Waals surface area contributed by atoms with Gasteiger partial charge in [-0.15, -0.1) is 0 Å². The van der Waals surface area contributed by atoms with Gasteiger partial charge in [0.05, 0.1) is 25.6 Å². The lowest BCUT2D eigenvalue weighted by Gasteiger charge is -2.45. The van der Waals surface area contributed by atoms with Crippen LogP contribution < -0.4 is 10.1 Å². The number of hydrogen-bond donors (Lipinski definition) is 1. The van der Waals surface area contributed by atoms with Gasteiger partial charge in [0.25, 0.3) is 5.91 Å². The molecular weight excluding hydrogens is 430 g/mol. The molecule has 1 aromatic carbocycles. The average Bonchev–Trinajstić information content (AvgIpc) is 3.52. The van der Waals surface area contributed by atoms with E-state index < -0.39 is 5.54 Å². The molecule has 0 radical (unpaired) electrons. The highest BCUT2D eigenvalue weighted by molar-refractivity contribution is 6.00. The van der Waals surface area contributed by atoms with Crippen molar-refractivity contribution in [2.75, 3.05) is 7.11 Å². The number of nitrogens with zero attached hydrogens (tertiary/aromatic N) is 2. The number of ether oxygens (including phenoxy) is 1. The molecule has 1 saturated carbocycles. The maximum atomic E-state index is 13.8. The van der Waals surface area contributed by atoms with E-state index >= 15 is 0 Å². The van der Waals surface area contributed by atoms with Gasteiger partial charge >= 0.3 is 0 Å². The van der Waals surface area contributed by atoms with Crippen LogP contribution in [0, 0.1) is 0 Å². The van der Waals surface area contributed by atoms with E-state index in [9.17, 15) is 9.59 Å². The van der Waals surface area contributed by atoms with Crippen molar-refractivity contribution in [1.82, 2.24) is 14.8 Å². The Hall–Kier alpha value is -3.48. The summed E-state index contributed by atoms with van der Waals surface area (Å²) in [6.07, 6.45) is 7.04. The summed E-state index contributed by atoms with van der Waals surface area (Å²) in [4.78, 5) is 29.4. The van der Waals surface area contributed by atoms with Crippen LogP contribution in [0.1, 0.15) is 55.1 Å². The van der Waals surface area contributed by atoms with Gasteiger partial charge in [-0.25, -0.2) is 0 Å². The molecule has 5 rings (SSSR count). The van der Waals surface area contributed by atoms with Crippen LogP contribution in [0.3, 0.4) is 0 Å². The predicted molar refractivity (Wildman–Crippen MR) is 128 cm³/mol. The van der Waals surface area contributed by atoms with Crippen LogP contribution in [0.5, 0.6) is 5.75 Å². The molecule has 0 unspecified atom stereocenters. The number of amides is 2. The molecule has 7 nitrogen and oxygen atoms in total. The molecule has 1 fully saturated rings. The Balaban J connectivity index is 1.52. The van der Waals surface area contributed by atoms with Crippen molar-refractivity contribution in [2.24, 2.45) is 0 Å². The summed E-state index contributed by atoms with van der Waals surface area (Å²) in [5.74, 6) is 1.11. The molecular formula is C27H31N3O4. The molecule has 3 aromatic rings. The van der Waals surface area contributed by atoms with Crippen LogP contribution in [-0.4, -0.2) is 40.0 Å². The zero-order chi connectivity index (χ0) is 23.7. The molecule has 0 bridgehead atoms. The Morgan fingerprint density at radius 1 is 1.12 bits per heavy atom. The highest BCUT2D eigenvalue weighted by atomic mass is 16.5. The van der Waals surface area contributed by atoms with Gasteiger partial charge in [0.1, 0.15) is 22.7 Å². The minimum Gasteiger partial charge on any atom is -0.497 e. The molecule has 1 atom stereocenters. The first-order valence-electron chi connectivity index (χ1n) is 12.0. The largest absolute Gasteiger partial charge is 0.497 e. The van der Waals surface area contributed by atoms with Crippen LogP contribution >= 0.6 is 0 Å². The molecule has 178 valence electrons. The van der Waals surface area contributed by atoms with Gasteiger partial charge in [-0.3, -0.25) is 9.59 Å². The monoisotopic (exact) mass is 461 g/mol. The van der Waals surface area contributed by atoms with Gasteiger partial charge in [-0.1, -0.05) is 31.4 Å². The smallest absolute Gasteiger partial charge is 0.271 e. The van der Waals surface area contributed by atoms with E-state index in [4.69, 9.17) is 9.15 Å². The first kappa shape index (κ1) is 22.3. The fraction of sp³-hybridized carbons (Fsp3) is 0.407. The summed E-state index contributed by atoms with van der Waals surface area (Å²) >= 11 is 0. The molecule has 2 amide bonds. The van der Waals surface area contributed by atoms with Crippen LogP contribution in [0.4, 0.5) is 0 Å². The molecule has 2 aromatic heterocycles. The van der Waals surface area contributed by atoms with Crippen LogP contribution in [0.15, 0.2) is 59.2 Å². The number of rotatable bonds is 6. The Labute approximate surface area is 199 Å². The topological polar surface area (TPSA) is 76.7 Å². The van der Waals surface area contributed by atoms with Crippen molar-refractivity contribution >= 4 is 11.8 Å². The molecule has 0 saturated heterocycles. The van der Waals surface area contributed by atoms with Crippen molar-refractivity contribution in [3.05, 3.63) is 66.1 Å². The summed E-state index contributed by atoms with van der Waals surface area (Å²) in [7, 11) is 1.62. The standard InChI is InChI=1S/C27H31N3O4/c1-27(26(32)28-20-9-4-3-5-10-20)18-29-22(24-12-7-15-34-24)13-14-23(29)25(31)30(27)17-19-8-6-11-21(16-19)33-2/h6-8,11-16,20H,3-5,9-10,17-18H2,1-2H3,(H,28,32)/t27-/m0/s1. The summed E-state index contributed by atoms with van der Waals surface area (Å²) in [5.41, 5.74) is 1.20. The van der Waals surface area contributed by atoms with Gasteiger partial charge in [0.15, 0.2) is 0 Å². The Morgan fingerprint density at radius 2 is 1.91 bits per heavy atom. The normalized spacial score (nSPS) is 20.8. The first-order chi connectivity index (χ1) is 16.5. The molecule has 34 heavy (non-hydrogen) atoms. The van der Waals surface area contributed by atoms with E-state index in [0.717, 1.165) is 42.7 Å². The lowest BCUT2D eigenvalue weighted by atomic mass is 9.91. The minimum atomic E-state index is -1.06. The quantitative estimate of drug-likeness (QED) is 0.581. The summed E-state index contributed by atoms with van der Waals surface area (Å²) in [5, 5.41) is 3.27. The Kier molecular flexibility index (Phi) is 5.94. The van der Waals surface area contributed by atoms with Gasteiger partial charge in [0.2, 0.25) is 5.91 Å². The van der Waals surface area contributed by atoms with Crippen molar-refractivity contribution < 1.29 is 18.7 Å². The van der Waals surface area contributed by atoms with Crippen LogP contribution in [-0.2, 0) is 17.9 Å². The van der Waals surface area contributed by atoms with Crippen molar-refractivity contribution in [1.29, 1.82) is 0 Å². The number of methoxy groups -OCH3 is 1. The summed E-state index contributed by atoms with van der Waals surface area (Å²) in [6, 6.07) is 15.2. The number of carbonyl (C=O) groups excluding carboxylic acids is 2. The third-order valence-corrected chi connectivity index (χ3v) is 7.18. The lowest BCUT2D eigenvalue weighted by molar-refractivity contribution is -0.134. The number of furan rings is 1. The molecule has 0 spiro atoms. The zero-order valence-corrected chi connectivity index (χ0v) is 19.8. The number of aromatic nitrogens is 1. The summed E-state index contributed by atoms with van der Waals surface area (Å²) in [6.45, 7) is 2.53. The fourth-order valence-electron chi connectivity index (χ4n) is 5.20. The predicted octanol–water partition coefficient (Wildman–Crippen LogP) is 4.62. The number of fused-ring (bicyclic) bond motifs is 1. The second-order valence-electron chi connectivity index (χ2n) is 9.49. The van der Waals surface area contributed by atoms with Crippen molar-refractivity contribution in [3.63, 3.8) is 0 Å². The highest BCUT2D eigenvalue weighted by Crippen LogP contribution is 2.35. The number of nitrogens with one attached hydrogen (secondary N) is 1. The zero-order valence-electron chi connectivity index (χ0n) is 19.8. The van der Waals surface area contributed by atoms with E-state index in [1.165, 1.54) is 6.42 Å². The van der Waals surface area contributed by atoms with Gasteiger partial charge < -0.3 is 23.9 Å². The molecule has 7 heteroatoms. The third-order valence-electron chi connectivity index (χ3n) is 7.18. The van der Waals surface area contributed by atoms with E-state index in [0.29, 0.717) is 24.5 Å². The molecule has 2 aliphatic rings. The second-order valence-corrected chi connectivity index (χ2v) is 9.49. The molecule has 3 heterocycles. The first-order valence-corrected chi connectivity index (χ1v) is 12.0.